The number of hydrogen-bond acceptors (Lipinski definition) is 16. The molecule has 0 aliphatic carbocycles. The third-order valence-electron chi connectivity index (χ3n) is 6.05. The third-order valence-corrected chi connectivity index (χ3v) is 6.05. The molecular weight excluding hydrogens is 639 g/mol. The highest BCUT2D eigenvalue weighted by molar-refractivity contribution is 5.98. The van der Waals surface area contributed by atoms with Gasteiger partial charge in [-0.3, -0.25) is 0 Å². The molecule has 0 amide bonds. The van der Waals surface area contributed by atoms with E-state index in [1.54, 1.807) is 21.3 Å². The molecule has 0 heterocycles. The Balaban J connectivity index is 5.04. The first-order chi connectivity index (χ1) is 23.7. The average Bonchev–Trinajstić information content (AvgIpc) is 3.10. The molecule has 0 aromatic carbocycles. The number of ether oxygens (including phenoxy) is 15. The zero-order valence-corrected chi connectivity index (χ0v) is 30.3. The van der Waals surface area contributed by atoms with Crippen molar-refractivity contribution in [1.82, 2.24) is 0 Å². The minimum absolute atomic E-state index is 0.119. The summed E-state index contributed by atoms with van der Waals surface area (Å²) in [4.78, 5) is 0. The van der Waals surface area contributed by atoms with E-state index in [-0.39, 0.29) is 46.2 Å². The molecule has 0 aliphatic rings. The molecular formula is C31H65BO16. The largest absolute Gasteiger partial charge is 0.393 e. The van der Waals surface area contributed by atoms with E-state index in [2.05, 4.69) is 6.92 Å². The highest BCUT2D eigenvalue weighted by atomic mass is 16.9. The Kier molecular flexibility index (Phi) is 38.7. The standard InChI is InChI=1S/C31H65BO16/c1-5-6-7-36-22-26-44-30(45-27-23-41-19-15-38-12-9-34-3)31(48-32,46-28-24-42-20-16-39-13-10-35-4)47-29-25-43-21-18-40-17-14-37-11-8-33-2/h30H,5-29,32H2,1-4H3. The van der Waals surface area contributed by atoms with E-state index in [0.717, 1.165) is 12.8 Å². The van der Waals surface area contributed by atoms with Gasteiger partial charge in [0.25, 0.3) is 8.05 Å². The van der Waals surface area contributed by atoms with Crippen molar-refractivity contribution in [3.8, 4) is 0 Å². The van der Waals surface area contributed by atoms with Crippen LogP contribution in [0.1, 0.15) is 19.8 Å². The van der Waals surface area contributed by atoms with E-state index >= 15 is 0 Å². The van der Waals surface area contributed by atoms with Crippen molar-refractivity contribution in [2.24, 2.45) is 0 Å². The van der Waals surface area contributed by atoms with E-state index in [1.807, 2.05) is 0 Å². The normalized spacial score (nSPS) is 13.7. The molecule has 0 N–H and O–H groups in total. The lowest BCUT2D eigenvalue weighted by Gasteiger charge is -2.38. The van der Waals surface area contributed by atoms with Gasteiger partial charge >= 0.3 is 5.97 Å². The summed E-state index contributed by atoms with van der Waals surface area (Å²) in [6, 6.07) is 0. The maximum atomic E-state index is 6.12. The molecule has 0 saturated carbocycles. The summed E-state index contributed by atoms with van der Waals surface area (Å²) in [7, 11) is 6.34. The Hall–Kier alpha value is -0.575. The number of hydrogen-bond donors (Lipinski definition) is 0. The van der Waals surface area contributed by atoms with Crippen LogP contribution in [0.15, 0.2) is 0 Å². The minimum Gasteiger partial charge on any atom is -0.393 e. The van der Waals surface area contributed by atoms with E-state index in [9.17, 15) is 0 Å². The van der Waals surface area contributed by atoms with Gasteiger partial charge in [0, 0.05) is 27.9 Å². The van der Waals surface area contributed by atoms with Crippen LogP contribution >= 0.6 is 0 Å². The average molecular weight is 705 g/mol. The first-order valence-electron chi connectivity index (χ1n) is 16.9. The topological polar surface area (TPSA) is 148 Å². The van der Waals surface area contributed by atoms with Gasteiger partial charge in [-0.05, 0) is 6.42 Å². The summed E-state index contributed by atoms with van der Waals surface area (Å²) < 4.78 is 89.5. The van der Waals surface area contributed by atoms with Crippen molar-refractivity contribution in [1.29, 1.82) is 0 Å². The van der Waals surface area contributed by atoms with Gasteiger partial charge in [-0.15, -0.1) is 0 Å². The quantitative estimate of drug-likeness (QED) is 0.0492. The molecule has 0 radical (unpaired) electrons. The van der Waals surface area contributed by atoms with Gasteiger partial charge in [-0.1, -0.05) is 13.3 Å². The Morgan fingerprint density at radius 3 is 1.00 bits per heavy atom. The SMILES string of the molecule is BOC(OCCOCCOCCOC)(OCCOCCOCCOCCOC)C(OCCOCCCC)OCCOCCOCCOC. The van der Waals surface area contributed by atoms with Crippen molar-refractivity contribution in [2.75, 3.05) is 173 Å². The first-order valence-corrected chi connectivity index (χ1v) is 16.9. The maximum Gasteiger partial charge on any atom is 0.323 e. The predicted octanol–water partition coefficient (Wildman–Crippen LogP) is 0.470. The fourth-order valence-corrected chi connectivity index (χ4v) is 3.52. The fourth-order valence-electron chi connectivity index (χ4n) is 3.52. The maximum absolute atomic E-state index is 6.12. The predicted molar refractivity (Wildman–Crippen MR) is 177 cm³/mol. The summed E-state index contributed by atoms with van der Waals surface area (Å²) in [5, 5.41) is 0. The Labute approximate surface area is 289 Å². The highest BCUT2D eigenvalue weighted by Gasteiger charge is 2.44. The smallest absolute Gasteiger partial charge is 0.323 e. The van der Waals surface area contributed by atoms with Gasteiger partial charge in [-0.2, -0.15) is 0 Å². The summed E-state index contributed by atoms with van der Waals surface area (Å²) >= 11 is 0. The Bertz CT molecular complexity index is 615. The second-order valence-corrected chi connectivity index (χ2v) is 9.81. The second-order valence-electron chi connectivity index (χ2n) is 9.81. The number of unbranched alkanes of at least 4 members (excludes halogenated alkanes) is 1. The van der Waals surface area contributed by atoms with E-state index < -0.39 is 12.3 Å². The van der Waals surface area contributed by atoms with Crippen LogP contribution in [-0.4, -0.2) is 194 Å². The van der Waals surface area contributed by atoms with E-state index in [0.29, 0.717) is 106 Å². The Morgan fingerprint density at radius 1 is 0.396 bits per heavy atom. The lowest BCUT2D eigenvalue weighted by Crippen LogP contribution is -2.53. The fraction of sp³-hybridized carbons (Fsp3) is 1.00. The van der Waals surface area contributed by atoms with Gasteiger partial charge < -0.3 is 75.7 Å². The first kappa shape index (κ1) is 47.4. The molecule has 0 rings (SSSR count). The zero-order valence-electron chi connectivity index (χ0n) is 30.3. The third kappa shape index (κ3) is 30.3. The molecule has 0 aromatic heterocycles. The molecule has 2 unspecified atom stereocenters. The number of rotatable bonds is 42. The molecule has 0 fully saturated rings. The zero-order chi connectivity index (χ0) is 35.1. The van der Waals surface area contributed by atoms with Crippen molar-refractivity contribution in [3.63, 3.8) is 0 Å². The lowest BCUT2D eigenvalue weighted by molar-refractivity contribution is -0.432. The molecule has 0 bridgehead atoms. The van der Waals surface area contributed by atoms with Crippen LogP contribution in [0.3, 0.4) is 0 Å². The van der Waals surface area contributed by atoms with Gasteiger partial charge in [0.2, 0.25) is 6.29 Å². The Morgan fingerprint density at radius 2 is 0.688 bits per heavy atom. The van der Waals surface area contributed by atoms with Gasteiger partial charge in [-0.25, -0.2) is 0 Å². The van der Waals surface area contributed by atoms with Crippen LogP contribution in [0.25, 0.3) is 0 Å². The van der Waals surface area contributed by atoms with Gasteiger partial charge in [0.1, 0.15) is 0 Å². The van der Waals surface area contributed by atoms with E-state index in [1.165, 1.54) is 8.05 Å². The van der Waals surface area contributed by atoms with Crippen LogP contribution in [0.4, 0.5) is 0 Å². The molecule has 0 spiro atoms. The number of methoxy groups -OCH3 is 3. The molecule has 0 aromatic rings. The molecule has 16 nitrogen and oxygen atoms in total. The van der Waals surface area contributed by atoms with Crippen LogP contribution in [0, 0.1) is 0 Å². The van der Waals surface area contributed by atoms with Crippen LogP contribution in [0.2, 0.25) is 0 Å². The second kappa shape index (κ2) is 39.2. The molecule has 288 valence electrons. The summed E-state index contributed by atoms with van der Waals surface area (Å²) in [5.41, 5.74) is 0. The van der Waals surface area contributed by atoms with Crippen molar-refractivity contribution in [2.45, 2.75) is 32.0 Å². The summed E-state index contributed by atoms with van der Waals surface area (Å²) in [6.07, 6.45) is 0.917. The molecule has 0 saturated heterocycles. The van der Waals surface area contributed by atoms with Crippen LogP contribution in [0.5, 0.6) is 0 Å². The van der Waals surface area contributed by atoms with Gasteiger partial charge in [0.05, 0.1) is 145 Å². The van der Waals surface area contributed by atoms with E-state index in [4.69, 9.17) is 75.7 Å². The van der Waals surface area contributed by atoms with Gasteiger partial charge in [0.15, 0.2) is 0 Å². The molecule has 0 aliphatic heterocycles. The summed E-state index contributed by atoms with van der Waals surface area (Å²) in [6.45, 7) is 11.1. The van der Waals surface area contributed by atoms with Crippen LogP contribution < -0.4 is 0 Å². The summed E-state index contributed by atoms with van der Waals surface area (Å²) in [5.74, 6) is -1.73. The lowest BCUT2D eigenvalue weighted by atomic mass is 10.4. The molecule has 17 heteroatoms. The molecule has 48 heavy (non-hydrogen) atoms. The van der Waals surface area contributed by atoms with Crippen molar-refractivity contribution >= 4 is 8.05 Å². The minimum atomic E-state index is -1.73. The van der Waals surface area contributed by atoms with Crippen LogP contribution in [-0.2, 0) is 75.7 Å². The highest BCUT2D eigenvalue weighted by Crippen LogP contribution is 2.24. The van der Waals surface area contributed by atoms with Crippen molar-refractivity contribution in [3.05, 3.63) is 0 Å². The monoisotopic (exact) mass is 704 g/mol. The molecule has 2 atom stereocenters. The van der Waals surface area contributed by atoms with Crippen molar-refractivity contribution < 1.29 is 75.7 Å².